The van der Waals surface area contributed by atoms with E-state index in [1.807, 2.05) is 42.2 Å². The summed E-state index contributed by atoms with van der Waals surface area (Å²) in [6, 6.07) is 9.69. The molecule has 1 fully saturated rings. The molecule has 2 rings (SSSR count). The molecule has 1 aromatic carbocycles. The molecule has 0 saturated carbocycles. The van der Waals surface area contributed by atoms with Gasteiger partial charge in [0.2, 0.25) is 0 Å². The van der Waals surface area contributed by atoms with Crippen molar-refractivity contribution in [1.29, 1.82) is 0 Å². The van der Waals surface area contributed by atoms with E-state index in [0.717, 1.165) is 24.8 Å². The molecule has 0 bridgehead atoms. The van der Waals surface area contributed by atoms with E-state index in [-0.39, 0.29) is 23.8 Å². The minimum atomic E-state index is -0.223. The highest BCUT2D eigenvalue weighted by Crippen LogP contribution is 2.42. The molecule has 0 radical (unpaired) electrons. The largest absolute Gasteiger partial charge is 0.350 e. The van der Waals surface area contributed by atoms with Crippen LogP contribution in [0.15, 0.2) is 30.3 Å². The second-order valence-electron chi connectivity index (χ2n) is 6.40. The first-order chi connectivity index (χ1) is 10.5. The van der Waals surface area contributed by atoms with Crippen LogP contribution in [0.2, 0.25) is 0 Å². The van der Waals surface area contributed by atoms with Gasteiger partial charge in [0.05, 0.1) is 11.6 Å². The van der Waals surface area contributed by atoms with Crippen molar-refractivity contribution in [1.82, 2.24) is 4.90 Å². The zero-order valence-corrected chi connectivity index (χ0v) is 14.5. The zero-order valence-electron chi connectivity index (χ0n) is 14.5. The molecule has 1 aliphatic rings. The van der Waals surface area contributed by atoms with Gasteiger partial charge in [0.15, 0.2) is 0 Å². The highest BCUT2D eigenvalue weighted by atomic mass is 16.5. The van der Waals surface area contributed by atoms with Gasteiger partial charge in [-0.25, -0.2) is 0 Å². The number of amides is 1. The van der Waals surface area contributed by atoms with E-state index in [0.29, 0.717) is 5.92 Å². The first kappa shape index (κ1) is 17.0. The Hall–Kier alpha value is -1.35. The van der Waals surface area contributed by atoms with Gasteiger partial charge in [0.25, 0.3) is 5.91 Å². The summed E-state index contributed by atoms with van der Waals surface area (Å²) in [5, 5.41) is 0. The van der Waals surface area contributed by atoms with Crippen LogP contribution in [-0.2, 0) is 4.74 Å². The minimum absolute atomic E-state index is 0.0853. The highest BCUT2D eigenvalue weighted by molar-refractivity contribution is 5.94. The highest BCUT2D eigenvalue weighted by Gasteiger charge is 2.53. The van der Waals surface area contributed by atoms with Gasteiger partial charge < -0.3 is 9.64 Å². The third-order valence-corrected chi connectivity index (χ3v) is 5.27. The fourth-order valence-corrected chi connectivity index (χ4v) is 3.82. The van der Waals surface area contributed by atoms with Crippen molar-refractivity contribution in [2.24, 2.45) is 5.92 Å². The van der Waals surface area contributed by atoms with Crippen LogP contribution in [0.4, 0.5) is 0 Å². The maximum Gasteiger partial charge on any atom is 0.256 e. The fourth-order valence-electron chi connectivity index (χ4n) is 3.82. The fraction of sp³-hybridized carbons (Fsp3) is 0.632. The molecule has 1 amide bonds. The summed E-state index contributed by atoms with van der Waals surface area (Å²) in [4.78, 5) is 15.0. The Morgan fingerprint density at radius 2 is 1.82 bits per heavy atom. The summed E-state index contributed by atoms with van der Waals surface area (Å²) in [6.07, 6.45) is 2.73. The Bertz CT molecular complexity index is 495. The lowest BCUT2D eigenvalue weighted by Gasteiger charge is -2.38. The van der Waals surface area contributed by atoms with E-state index in [1.165, 1.54) is 0 Å². The molecule has 1 aliphatic heterocycles. The van der Waals surface area contributed by atoms with Gasteiger partial charge in [-0.3, -0.25) is 4.79 Å². The van der Waals surface area contributed by atoms with Crippen LogP contribution >= 0.6 is 0 Å². The predicted molar refractivity (Wildman–Crippen MR) is 89.7 cm³/mol. The third-order valence-electron chi connectivity index (χ3n) is 5.27. The van der Waals surface area contributed by atoms with Gasteiger partial charge in [0.1, 0.15) is 6.23 Å². The normalized spacial score (nSPS) is 25.2. The molecule has 3 atom stereocenters. The Morgan fingerprint density at radius 1 is 1.23 bits per heavy atom. The summed E-state index contributed by atoms with van der Waals surface area (Å²) in [5.74, 6) is 0.500. The van der Waals surface area contributed by atoms with E-state index < -0.39 is 0 Å². The summed E-state index contributed by atoms with van der Waals surface area (Å²) in [5.41, 5.74) is 0.522. The van der Waals surface area contributed by atoms with E-state index >= 15 is 0 Å². The maximum atomic E-state index is 13.1. The lowest BCUT2D eigenvalue weighted by molar-refractivity contribution is -0.0564. The van der Waals surface area contributed by atoms with Crippen LogP contribution in [0.3, 0.4) is 0 Å². The predicted octanol–water partition coefficient (Wildman–Crippen LogP) is 4.48. The average Bonchev–Trinajstić information content (AvgIpc) is 2.87. The molecular weight excluding hydrogens is 274 g/mol. The summed E-state index contributed by atoms with van der Waals surface area (Å²) in [6.45, 7) is 10.8. The molecule has 3 heteroatoms. The summed E-state index contributed by atoms with van der Waals surface area (Å²) >= 11 is 0. The number of rotatable bonds is 5. The number of benzene rings is 1. The Labute approximate surface area is 134 Å². The van der Waals surface area contributed by atoms with E-state index in [9.17, 15) is 4.79 Å². The van der Waals surface area contributed by atoms with Crippen LogP contribution in [0, 0.1) is 5.92 Å². The van der Waals surface area contributed by atoms with Gasteiger partial charge in [0, 0.05) is 5.56 Å². The molecule has 1 saturated heterocycles. The van der Waals surface area contributed by atoms with Crippen LogP contribution in [0.1, 0.15) is 64.2 Å². The molecule has 22 heavy (non-hydrogen) atoms. The van der Waals surface area contributed by atoms with Crippen LogP contribution in [0.25, 0.3) is 0 Å². The molecule has 0 aliphatic carbocycles. The SMILES string of the molecule is CCC(C)[C@@H]1N(C(=O)c2ccccc2)[C@H](C)OC1(CC)CC. The molecule has 122 valence electrons. The van der Waals surface area contributed by atoms with E-state index in [1.54, 1.807) is 0 Å². The van der Waals surface area contributed by atoms with Gasteiger partial charge in [-0.2, -0.15) is 0 Å². The van der Waals surface area contributed by atoms with E-state index in [2.05, 4.69) is 27.7 Å². The quantitative estimate of drug-likeness (QED) is 0.802. The first-order valence-electron chi connectivity index (χ1n) is 8.56. The second-order valence-corrected chi connectivity index (χ2v) is 6.40. The third kappa shape index (κ3) is 2.79. The number of hydrogen-bond acceptors (Lipinski definition) is 2. The van der Waals surface area contributed by atoms with Gasteiger partial charge >= 0.3 is 0 Å². The maximum absolute atomic E-state index is 13.1. The van der Waals surface area contributed by atoms with E-state index in [4.69, 9.17) is 4.74 Å². The summed E-state index contributed by atoms with van der Waals surface area (Å²) in [7, 11) is 0. The minimum Gasteiger partial charge on any atom is -0.350 e. The Kier molecular flexibility index (Phi) is 5.28. The van der Waals surface area contributed by atoms with Crippen molar-refractivity contribution in [2.75, 3.05) is 0 Å². The topological polar surface area (TPSA) is 29.5 Å². The Morgan fingerprint density at radius 3 is 2.32 bits per heavy atom. The molecule has 1 heterocycles. The molecule has 1 unspecified atom stereocenters. The van der Waals surface area contributed by atoms with Gasteiger partial charge in [-0.1, -0.05) is 52.3 Å². The van der Waals surface area contributed by atoms with Crippen molar-refractivity contribution in [2.45, 2.75) is 71.8 Å². The summed E-state index contributed by atoms with van der Waals surface area (Å²) < 4.78 is 6.34. The molecule has 0 N–H and O–H groups in total. The number of ether oxygens (including phenoxy) is 1. The number of carbonyl (C=O) groups is 1. The number of hydrogen-bond donors (Lipinski definition) is 0. The second kappa shape index (κ2) is 6.82. The van der Waals surface area contributed by atoms with Crippen LogP contribution in [0.5, 0.6) is 0 Å². The molecular formula is C19H29NO2. The molecule has 0 aromatic heterocycles. The lowest BCUT2D eigenvalue weighted by Crippen LogP contribution is -2.51. The first-order valence-corrected chi connectivity index (χ1v) is 8.56. The standard InChI is InChI=1S/C19H29NO2/c1-6-14(4)17-19(7-2,8-3)22-15(5)20(17)18(21)16-12-10-9-11-13-16/h9-15,17H,6-8H2,1-5H3/t14?,15-,17-/m0/s1. The monoisotopic (exact) mass is 303 g/mol. The van der Waals surface area contributed by atoms with Crippen molar-refractivity contribution in [3.63, 3.8) is 0 Å². The zero-order chi connectivity index (χ0) is 16.3. The van der Waals surface area contributed by atoms with Crippen LogP contribution in [-0.4, -0.2) is 28.7 Å². The van der Waals surface area contributed by atoms with Crippen molar-refractivity contribution in [3.8, 4) is 0 Å². The molecule has 3 nitrogen and oxygen atoms in total. The Balaban J connectivity index is 2.41. The van der Waals surface area contributed by atoms with Crippen molar-refractivity contribution >= 4 is 5.91 Å². The van der Waals surface area contributed by atoms with Crippen molar-refractivity contribution < 1.29 is 9.53 Å². The van der Waals surface area contributed by atoms with Gasteiger partial charge in [-0.15, -0.1) is 0 Å². The lowest BCUT2D eigenvalue weighted by atomic mass is 9.80. The average molecular weight is 303 g/mol. The number of nitrogens with zero attached hydrogens (tertiary/aromatic N) is 1. The van der Waals surface area contributed by atoms with Gasteiger partial charge in [-0.05, 0) is 37.8 Å². The smallest absolute Gasteiger partial charge is 0.256 e. The number of carbonyl (C=O) groups excluding carboxylic acids is 1. The van der Waals surface area contributed by atoms with Crippen molar-refractivity contribution in [3.05, 3.63) is 35.9 Å². The molecule has 0 spiro atoms. The molecule has 1 aromatic rings. The van der Waals surface area contributed by atoms with Crippen LogP contribution < -0.4 is 0 Å².